The van der Waals surface area contributed by atoms with E-state index in [9.17, 15) is 0 Å². The van der Waals surface area contributed by atoms with Gasteiger partial charge in [0.25, 0.3) is 0 Å². The summed E-state index contributed by atoms with van der Waals surface area (Å²) in [6, 6.07) is 1.96. The van der Waals surface area contributed by atoms with E-state index in [0.717, 1.165) is 36.3 Å². The minimum atomic E-state index is 0.781. The lowest BCUT2D eigenvalue weighted by Crippen LogP contribution is -2.01. The van der Waals surface area contributed by atoms with Gasteiger partial charge in [-0.15, -0.1) is 0 Å². The van der Waals surface area contributed by atoms with Crippen LogP contribution in [0, 0.1) is 5.41 Å². The minimum Gasteiger partial charge on any atom is -0.333 e. The molecule has 2 aromatic heterocycles. The van der Waals surface area contributed by atoms with Crippen LogP contribution in [0.1, 0.15) is 50.7 Å². The van der Waals surface area contributed by atoms with Gasteiger partial charge in [0.15, 0.2) is 0 Å². The van der Waals surface area contributed by atoms with Crippen molar-refractivity contribution < 1.29 is 0 Å². The summed E-state index contributed by atoms with van der Waals surface area (Å²) in [6.45, 7) is 8.90. The Morgan fingerprint density at radius 3 is 2.05 bits per heavy atom. The Kier molecular flexibility index (Phi) is 17.1. The minimum absolute atomic E-state index is 0.781. The number of aryl methyl sites for hydroxylation is 1. The lowest BCUT2D eigenvalue weighted by atomic mass is 10.1. The molecule has 0 amide bonds. The van der Waals surface area contributed by atoms with Crippen molar-refractivity contribution in [2.24, 2.45) is 5.73 Å². The van der Waals surface area contributed by atoms with E-state index in [1.165, 1.54) is 13.5 Å². The van der Waals surface area contributed by atoms with Crippen molar-refractivity contribution in [3.8, 4) is 0 Å². The summed E-state index contributed by atoms with van der Waals surface area (Å²) in [6.07, 6.45) is 9.35. The molecular weight excluding hydrogens is 276 g/mol. The third-order valence-electron chi connectivity index (χ3n) is 2.26. The fourth-order valence-corrected chi connectivity index (χ4v) is 1.55. The van der Waals surface area contributed by atoms with Gasteiger partial charge in [-0.25, -0.2) is 0 Å². The molecule has 0 radical (unpaired) electrons. The van der Waals surface area contributed by atoms with Crippen LogP contribution < -0.4 is 5.73 Å². The van der Waals surface area contributed by atoms with Crippen molar-refractivity contribution >= 4 is 6.72 Å². The summed E-state index contributed by atoms with van der Waals surface area (Å²) in [5.41, 5.74) is 7.71. The van der Waals surface area contributed by atoms with E-state index in [1.807, 2.05) is 6.07 Å². The van der Waals surface area contributed by atoms with Crippen LogP contribution >= 0.6 is 0 Å². The normalized spacial score (nSPS) is 8.41. The standard InChI is InChI=1S/C11H14N4.C3H8.CH5N.CH3N/c1-2-3-10-11(13-7-6-12-10)8-9-4-5-14-15-9;1-3-2;2*1-2/h4-7H,2-3,8H2,1H3,(H,14,15);3H2,1-2H3;2H2,1H3;2H,1H2. The Balaban J connectivity index is 0. The van der Waals surface area contributed by atoms with E-state index in [1.54, 1.807) is 18.6 Å². The molecule has 0 aromatic carbocycles. The van der Waals surface area contributed by atoms with E-state index < -0.39 is 0 Å². The summed E-state index contributed by atoms with van der Waals surface area (Å²) in [5.74, 6) is 0. The molecule has 0 saturated carbocycles. The number of nitrogens with zero attached hydrogens (tertiary/aromatic N) is 3. The van der Waals surface area contributed by atoms with Gasteiger partial charge in [-0.05, 0) is 26.3 Å². The quantitative estimate of drug-likeness (QED) is 0.755. The number of hydrogen-bond acceptors (Lipinski definition) is 5. The van der Waals surface area contributed by atoms with Crippen LogP contribution in [0.2, 0.25) is 0 Å². The molecule has 22 heavy (non-hydrogen) atoms. The molecule has 0 fully saturated rings. The van der Waals surface area contributed by atoms with Gasteiger partial charge in [-0.2, -0.15) is 5.10 Å². The highest BCUT2D eigenvalue weighted by Gasteiger charge is 2.05. The predicted molar refractivity (Wildman–Crippen MR) is 93.3 cm³/mol. The molecular formula is C16H30N6. The SMILES string of the molecule is C=N.CCC.CCCc1nccnc1Cc1ccn[nH]1.CN. The topological polar surface area (TPSA) is 104 Å². The average molecular weight is 306 g/mol. The van der Waals surface area contributed by atoms with Crippen LogP contribution in [0.3, 0.4) is 0 Å². The maximum absolute atomic E-state index is 5.50. The van der Waals surface area contributed by atoms with Gasteiger partial charge in [-0.1, -0.05) is 33.6 Å². The number of H-pyrrole nitrogens is 1. The molecule has 0 unspecified atom stereocenters. The highest BCUT2D eigenvalue weighted by atomic mass is 15.1. The summed E-state index contributed by atoms with van der Waals surface area (Å²) in [4.78, 5) is 8.71. The predicted octanol–water partition coefficient (Wildman–Crippen LogP) is 3.00. The Labute approximate surface area is 134 Å². The lowest BCUT2D eigenvalue weighted by Gasteiger charge is -2.04. The van der Waals surface area contributed by atoms with E-state index in [0.29, 0.717) is 0 Å². The van der Waals surface area contributed by atoms with Gasteiger partial charge in [0.05, 0.1) is 11.4 Å². The lowest BCUT2D eigenvalue weighted by molar-refractivity contribution is 0.830. The molecule has 4 N–H and O–H groups in total. The molecule has 2 rings (SSSR count). The fourth-order valence-electron chi connectivity index (χ4n) is 1.55. The Morgan fingerprint density at radius 2 is 1.59 bits per heavy atom. The average Bonchev–Trinajstić information content (AvgIpc) is 3.07. The van der Waals surface area contributed by atoms with Gasteiger partial charge < -0.3 is 11.1 Å². The molecule has 0 aliphatic heterocycles. The summed E-state index contributed by atoms with van der Waals surface area (Å²) in [5, 5.41) is 12.4. The summed E-state index contributed by atoms with van der Waals surface area (Å²) >= 11 is 0. The molecule has 2 aromatic rings. The van der Waals surface area contributed by atoms with Crippen LogP contribution in [0.5, 0.6) is 0 Å². The molecule has 124 valence electrons. The number of nitrogens with one attached hydrogen (secondary N) is 2. The molecule has 0 saturated heterocycles. The molecule has 6 heteroatoms. The maximum atomic E-state index is 5.50. The second-order valence-corrected chi connectivity index (χ2v) is 4.17. The van der Waals surface area contributed by atoms with Gasteiger partial charge >= 0.3 is 0 Å². The van der Waals surface area contributed by atoms with E-state index in [4.69, 9.17) is 5.41 Å². The molecule has 0 spiro atoms. The van der Waals surface area contributed by atoms with Crippen molar-refractivity contribution in [3.63, 3.8) is 0 Å². The van der Waals surface area contributed by atoms with Crippen LogP contribution in [0.4, 0.5) is 0 Å². The van der Waals surface area contributed by atoms with Crippen LogP contribution in [-0.2, 0) is 12.8 Å². The van der Waals surface area contributed by atoms with Crippen LogP contribution in [0.15, 0.2) is 24.7 Å². The number of rotatable bonds is 4. The Morgan fingerprint density at radius 1 is 1.05 bits per heavy atom. The maximum Gasteiger partial charge on any atom is 0.0677 e. The Bertz CT molecular complexity index is 442. The number of aromatic amines is 1. The number of nitrogens with two attached hydrogens (primary N) is 1. The van der Waals surface area contributed by atoms with Gasteiger partial charge in [0, 0.05) is 30.7 Å². The van der Waals surface area contributed by atoms with Crippen molar-refractivity contribution in [2.75, 3.05) is 7.05 Å². The summed E-state index contributed by atoms with van der Waals surface area (Å²) < 4.78 is 0. The van der Waals surface area contributed by atoms with Crippen molar-refractivity contribution in [1.82, 2.24) is 20.2 Å². The number of aromatic nitrogens is 4. The highest BCUT2D eigenvalue weighted by Crippen LogP contribution is 2.09. The van der Waals surface area contributed by atoms with E-state index >= 15 is 0 Å². The number of hydrogen-bond donors (Lipinski definition) is 3. The first-order valence-corrected chi connectivity index (χ1v) is 7.51. The third-order valence-corrected chi connectivity index (χ3v) is 2.26. The molecule has 6 nitrogen and oxygen atoms in total. The second-order valence-electron chi connectivity index (χ2n) is 4.17. The monoisotopic (exact) mass is 306 g/mol. The molecule has 0 atom stereocenters. The Hall–Kier alpha value is -2.08. The molecule has 2 heterocycles. The first-order valence-electron chi connectivity index (χ1n) is 7.51. The second kappa shape index (κ2) is 17.0. The molecule has 0 bridgehead atoms. The van der Waals surface area contributed by atoms with Crippen molar-refractivity contribution in [1.29, 1.82) is 5.41 Å². The smallest absolute Gasteiger partial charge is 0.0677 e. The molecule has 0 aliphatic rings. The van der Waals surface area contributed by atoms with Gasteiger partial charge in [-0.3, -0.25) is 15.1 Å². The molecule has 0 aliphatic carbocycles. The highest BCUT2D eigenvalue weighted by molar-refractivity contribution is 5.17. The van der Waals surface area contributed by atoms with Crippen molar-refractivity contribution in [3.05, 3.63) is 41.7 Å². The van der Waals surface area contributed by atoms with E-state index in [-0.39, 0.29) is 0 Å². The third kappa shape index (κ3) is 9.77. The zero-order valence-electron chi connectivity index (χ0n) is 14.3. The zero-order chi connectivity index (χ0) is 17.2. The van der Waals surface area contributed by atoms with Crippen LogP contribution in [0.25, 0.3) is 0 Å². The van der Waals surface area contributed by atoms with Crippen molar-refractivity contribution in [2.45, 2.75) is 46.5 Å². The first-order chi connectivity index (χ1) is 10.8. The van der Waals surface area contributed by atoms with Crippen LogP contribution in [-0.4, -0.2) is 33.9 Å². The van der Waals surface area contributed by atoms with E-state index in [2.05, 4.69) is 53.4 Å². The largest absolute Gasteiger partial charge is 0.333 e. The zero-order valence-corrected chi connectivity index (χ0v) is 14.3. The first kappa shape index (κ1) is 22.2. The van der Waals surface area contributed by atoms with Gasteiger partial charge in [0.1, 0.15) is 0 Å². The van der Waals surface area contributed by atoms with Gasteiger partial charge in [0.2, 0.25) is 0 Å². The fraction of sp³-hybridized carbons (Fsp3) is 0.500. The summed E-state index contributed by atoms with van der Waals surface area (Å²) in [7, 11) is 1.50.